The molecule has 7 heteroatoms. The lowest BCUT2D eigenvalue weighted by atomic mass is 10.1. The second-order valence-electron chi connectivity index (χ2n) is 8.35. The largest absolute Gasteiger partial charge is 0.497 e. The van der Waals surface area contributed by atoms with Crippen LogP contribution in [0.5, 0.6) is 11.5 Å². The van der Waals surface area contributed by atoms with Crippen LogP contribution in [0.3, 0.4) is 0 Å². The molecule has 0 unspecified atom stereocenters. The normalized spacial score (nSPS) is 17.7. The minimum Gasteiger partial charge on any atom is -0.497 e. The Kier molecular flexibility index (Phi) is 7.29. The first-order valence-corrected chi connectivity index (χ1v) is 11.4. The summed E-state index contributed by atoms with van der Waals surface area (Å²) in [5.74, 6) is 2.72. The molecule has 1 fully saturated rings. The third-order valence-corrected chi connectivity index (χ3v) is 6.36. The van der Waals surface area contributed by atoms with Crippen molar-refractivity contribution in [2.75, 3.05) is 40.5 Å². The molecule has 0 bridgehead atoms. The number of imidazole rings is 1. The smallest absolute Gasteiger partial charge is 0.124 e. The van der Waals surface area contributed by atoms with Crippen LogP contribution in [0.25, 0.3) is 11.0 Å². The molecule has 0 amide bonds. The predicted octanol–water partition coefficient (Wildman–Crippen LogP) is 3.14. The summed E-state index contributed by atoms with van der Waals surface area (Å²) in [6.07, 6.45) is 0.752. The molecular formula is C25H34N4O3. The lowest BCUT2D eigenvalue weighted by Gasteiger charge is -2.41. The fourth-order valence-corrected chi connectivity index (χ4v) is 4.72. The van der Waals surface area contributed by atoms with Gasteiger partial charge in [-0.2, -0.15) is 0 Å². The molecule has 1 aliphatic rings. The number of para-hydroxylation sites is 2. The van der Waals surface area contributed by atoms with E-state index in [1.54, 1.807) is 14.2 Å². The van der Waals surface area contributed by atoms with Crippen LogP contribution in [0.4, 0.5) is 0 Å². The van der Waals surface area contributed by atoms with Crippen molar-refractivity contribution in [1.29, 1.82) is 0 Å². The van der Waals surface area contributed by atoms with Crippen molar-refractivity contribution in [2.45, 2.75) is 39.0 Å². The van der Waals surface area contributed by atoms with E-state index in [4.69, 9.17) is 14.5 Å². The first kappa shape index (κ1) is 22.6. The molecule has 1 aromatic heterocycles. The number of ether oxygens (including phenoxy) is 2. The topological polar surface area (TPSA) is 63.0 Å². The number of hydrogen-bond donors (Lipinski definition) is 1. The van der Waals surface area contributed by atoms with Crippen molar-refractivity contribution in [1.82, 2.24) is 19.4 Å². The van der Waals surface area contributed by atoms with Crippen molar-refractivity contribution < 1.29 is 14.6 Å². The monoisotopic (exact) mass is 438 g/mol. The molecule has 4 rings (SSSR count). The van der Waals surface area contributed by atoms with Gasteiger partial charge >= 0.3 is 0 Å². The minimum atomic E-state index is 0.184. The number of fused-ring (bicyclic) bond motifs is 1. The summed E-state index contributed by atoms with van der Waals surface area (Å²) in [7, 11) is 3.35. The van der Waals surface area contributed by atoms with E-state index in [2.05, 4.69) is 51.6 Å². The van der Waals surface area contributed by atoms with E-state index in [-0.39, 0.29) is 12.6 Å². The van der Waals surface area contributed by atoms with Crippen molar-refractivity contribution in [2.24, 2.45) is 0 Å². The van der Waals surface area contributed by atoms with Gasteiger partial charge in [0.1, 0.15) is 17.3 Å². The molecule has 172 valence electrons. The fourth-order valence-electron chi connectivity index (χ4n) is 4.72. The summed E-state index contributed by atoms with van der Waals surface area (Å²) in [4.78, 5) is 9.83. The molecule has 0 radical (unpaired) electrons. The van der Waals surface area contributed by atoms with E-state index in [9.17, 15) is 5.11 Å². The van der Waals surface area contributed by atoms with Crippen molar-refractivity contribution in [3.05, 3.63) is 53.9 Å². The summed E-state index contributed by atoms with van der Waals surface area (Å²) >= 11 is 0. The maximum atomic E-state index is 9.72. The van der Waals surface area contributed by atoms with E-state index in [0.29, 0.717) is 0 Å². The molecule has 1 aliphatic heterocycles. The van der Waals surface area contributed by atoms with E-state index in [0.717, 1.165) is 74.1 Å². The van der Waals surface area contributed by atoms with Gasteiger partial charge in [0.15, 0.2) is 0 Å². The molecule has 1 atom stereocenters. The summed E-state index contributed by atoms with van der Waals surface area (Å²) in [5, 5.41) is 9.72. The molecule has 0 spiro atoms. The van der Waals surface area contributed by atoms with Gasteiger partial charge in [0.05, 0.1) is 31.8 Å². The van der Waals surface area contributed by atoms with E-state index < -0.39 is 0 Å². The highest BCUT2D eigenvalue weighted by Crippen LogP contribution is 2.26. The highest BCUT2D eigenvalue weighted by Gasteiger charge is 2.28. The maximum absolute atomic E-state index is 9.72. The van der Waals surface area contributed by atoms with Gasteiger partial charge in [0, 0.05) is 51.4 Å². The average Bonchev–Trinajstić information content (AvgIpc) is 3.17. The Labute approximate surface area is 190 Å². The quantitative estimate of drug-likeness (QED) is 0.554. The van der Waals surface area contributed by atoms with Crippen LogP contribution >= 0.6 is 0 Å². The maximum Gasteiger partial charge on any atom is 0.124 e. The van der Waals surface area contributed by atoms with Gasteiger partial charge in [0.25, 0.3) is 0 Å². The number of hydrogen-bond acceptors (Lipinski definition) is 6. The second-order valence-corrected chi connectivity index (χ2v) is 8.35. The van der Waals surface area contributed by atoms with E-state index in [1.807, 2.05) is 12.1 Å². The first-order chi connectivity index (χ1) is 15.6. The van der Waals surface area contributed by atoms with Crippen LogP contribution < -0.4 is 9.47 Å². The second kappa shape index (κ2) is 10.3. The third-order valence-electron chi connectivity index (χ3n) is 6.36. The molecule has 1 saturated heterocycles. The van der Waals surface area contributed by atoms with Gasteiger partial charge in [0.2, 0.25) is 0 Å². The summed E-state index contributed by atoms with van der Waals surface area (Å²) < 4.78 is 13.2. The highest BCUT2D eigenvalue weighted by molar-refractivity contribution is 5.75. The number of aliphatic hydroxyl groups excluding tert-OH is 1. The zero-order chi connectivity index (χ0) is 22.5. The molecule has 2 aromatic carbocycles. The molecule has 0 saturated carbocycles. The molecule has 7 nitrogen and oxygen atoms in total. The summed E-state index contributed by atoms with van der Waals surface area (Å²) in [6, 6.07) is 14.6. The van der Waals surface area contributed by atoms with Gasteiger partial charge in [-0.25, -0.2) is 4.98 Å². The number of aromatic nitrogens is 2. The van der Waals surface area contributed by atoms with Crippen molar-refractivity contribution in [3.63, 3.8) is 0 Å². The lowest BCUT2D eigenvalue weighted by molar-refractivity contribution is 0.0482. The molecule has 0 aliphatic carbocycles. The molecule has 3 aromatic rings. The van der Waals surface area contributed by atoms with Crippen molar-refractivity contribution >= 4 is 11.0 Å². The number of piperazine rings is 1. The van der Waals surface area contributed by atoms with Crippen LogP contribution in [-0.2, 0) is 19.6 Å². The summed E-state index contributed by atoms with van der Waals surface area (Å²) in [6.45, 7) is 7.72. The first-order valence-electron chi connectivity index (χ1n) is 11.4. The van der Waals surface area contributed by atoms with Crippen LogP contribution in [-0.4, -0.2) is 71.0 Å². The average molecular weight is 439 g/mol. The number of methoxy groups -OCH3 is 2. The minimum absolute atomic E-state index is 0.184. The van der Waals surface area contributed by atoms with Gasteiger partial charge in [-0.1, -0.05) is 12.1 Å². The van der Waals surface area contributed by atoms with E-state index >= 15 is 0 Å². The van der Waals surface area contributed by atoms with Crippen LogP contribution in [0.2, 0.25) is 0 Å². The highest BCUT2D eigenvalue weighted by atomic mass is 16.5. The van der Waals surface area contributed by atoms with Crippen LogP contribution in [0.15, 0.2) is 42.5 Å². The number of rotatable bonds is 9. The zero-order valence-corrected chi connectivity index (χ0v) is 19.3. The van der Waals surface area contributed by atoms with Crippen LogP contribution in [0.1, 0.15) is 24.7 Å². The lowest BCUT2D eigenvalue weighted by Crippen LogP contribution is -2.52. The van der Waals surface area contributed by atoms with Gasteiger partial charge in [-0.05, 0) is 43.2 Å². The summed E-state index contributed by atoms with van der Waals surface area (Å²) in [5.41, 5.74) is 3.41. The van der Waals surface area contributed by atoms with Crippen LogP contribution in [0, 0.1) is 0 Å². The molecular weight excluding hydrogens is 404 g/mol. The molecule has 2 heterocycles. The number of aryl methyl sites for hydroxylation is 1. The molecule has 1 N–H and O–H groups in total. The standard InChI is InChI=1S/C25H34N4O3/c1-4-29-24-8-6-5-7-23(24)26-25(29)18-27-10-11-28(20(17-27)9-12-30)16-19-13-21(31-2)15-22(14-19)32-3/h5-8,13-15,20,30H,4,9-12,16-18H2,1-3H3/t20-/m0/s1. The van der Waals surface area contributed by atoms with Gasteiger partial charge in [-0.3, -0.25) is 9.80 Å². The Morgan fingerprint density at radius 3 is 2.47 bits per heavy atom. The zero-order valence-electron chi connectivity index (χ0n) is 19.3. The Morgan fingerprint density at radius 1 is 1.03 bits per heavy atom. The SMILES string of the molecule is CCn1c(CN2CCN(Cc3cc(OC)cc(OC)c3)[C@@H](CCO)C2)nc2ccccc21. The van der Waals surface area contributed by atoms with Crippen molar-refractivity contribution in [3.8, 4) is 11.5 Å². The molecule has 32 heavy (non-hydrogen) atoms. The number of nitrogens with zero attached hydrogens (tertiary/aromatic N) is 4. The Morgan fingerprint density at radius 2 is 1.78 bits per heavy atom. The Bertz CT molecular complexity index is 1010. The number of aliphatic hydroxyl groups is 1. The fraction of sp³-hybridized carbons (Fsp3) is 0.480. The predicted molar refractivity (Wildman–Crippen MR) is 126 cm³/mol. The Hall–Kier alpha value is -2.61. The number of benzene rings is 2. The third kappa shape index (κ3) is 4.90. The Balaban J connectivity index is 1.48. The van der Waals surface area contributed by atoms with Gasteiger partial charge < -0.3 is 19.1 Å². The van der Waals surface area contributed by atoms with E-state index in [1.165, 1.54) is 5.52 Å². The van der Waals surface area contributed by atoms with Gasteiger partial charge in [-0.15, -0.1) is 0 Å².